The van der Waals surface area contributed by atoms with Crippen LogP contribution in [0.4, 0.5) is 16.6 Å². The zero-order chi connectivity index (χ0) is 35.2. The number of nitrogens with zero attached hydrogens (tertiary/aromatic N) is 5. The molecule has 254 valence electrons. The number of hydrogen-bond donors (Lipinski definition) is 3. The van der Waals surface area contributed by atoms with Gasteiger partial charge in [-0.25, -0.2) is 9.78 Å². The van der Waals surface area contributed by atoms with Crippen LogP contribution in [0, 0.1) is 11.3 Å². The van der Waals surface area contributed by atoms with Gasteiger partial charge < -0.3 is 19.6 Å². The number of carboxylic acid groups (broad SMARTS) is 1. The van der Waals surface area contributed by atoms with Gasteiger partial charge in [-0.3, -0.25) is 10.00 Å². The Morgan fingerprint density at radius 1 is 1.06 bits per heavy atom. The van der Waals surface area contributed by atoms with Crippen LogP contribution in [0.5, 0.6) is 5.75 Å². The molecule has 0 spiro atoms. The fraction of sp³-hybridized carbons (Fsp3) is 0.306. The zero-order valence-electron chi connectivity index (χ0n) is 28.2. The van der Waals surface area contributed by atoms with E-state index in [1.165, 1.54) is 10.4 Å². The van der Waals surface area contributed by atoms with Crippen LogP contribution in [-0.2, 0) is 11.0 Å². The van der Waals surface area contributed by atoms with E-state index >= 15 is 0 Å². The smallest absolute Gasteiger partial charge is 0.411 e. The molecule has 5 aromatic rings. The van der Waals surface area contributed by atoms with Crippen molar-refractivity contribution in [2.24, 2.45) is 0 Å². The number of benzene rings is 3. The highest BCUT2D eigenvalue weighted by Crippen LogP contribution is 2.37. The predicted molar refractivity (Wildman–Crippen MR) is 197 cm³/mol. The van der Waals surface area contributed by atoms with Gasteiger partial charge in [-0.05, 0) is 56.3 Å². The summed E-state index contributed by atoms with van der Waals surface area (Å²) in [6, 6.07) is 28.3. The van der Waals surface area contributed by atoms with E-state index in [-0.39, 0.29) is 23.6 Å². The summed E-state index contributed by atoms with van der Waals surface area (Å²) in [5.74, 6) is 0.902. The molecule has 5 rings (SSSR count). The molecule has 3 aromatic carbocycles. The Kier molecular flexibility index (Phi) is 11.0. The van der Waals surface area contributed by atoms with Crippen molar-refractivity contribution >= 4 is 63.5 Å². The highest BCUT2D eigenvalue weighted by atomic mass is 79.9. The molecule has 0 aliphatic heterocycles. The normalized spacial score (nSPS) is 12.3. The SMILES string of the molecule is CCC(CCO[Si](c1ccccc1)(c1ccccc1)C(C)(C)C)Nc1nc(NC(=O)O)nc2c(Br)nn(Cc3ccc(C#N)cc3OC)c12. The molecule has 0 aliphatic carbocycles. The molecule has 1 atom stereocenters. The van der Waals surface area contributed by atoms with Gasteiger partial charge in [0.15, 0.2) is 10.4 Å². The van der Waals surface area contributed by atoms with Crippen LogP contribution < -0.4 is 25.7 Å². The van der Waals surface area contributed by atoms with Crippen LogP contribution in [0.15, 0.2) is 83.5 Å². The van der Waals surface area contributed by atoms with Crippen molar-refractivity contribution in [2.45, 2.75) is 58.2 Å². The number of ether oxygens (including phenoxy) is 1. The largest absolute Gasteiger partial charge is 0.496 e. The van der Waals surface area contributed by atoms with Crippen molar-refractivity contribution in [1.82, 2.24) is 19.7 Å². The third-order valence-corrected chi connectivity index (χ3v) is 14.1. The number of nitriles is 1. The minimum absolute atomic E-state index is 0.0721. The molecule has 0 fully saturated rings. The molecule has 2 aromatic heterocycles. The second kappa shape index (κ2) is 15.2. The Hall–Kier alpha value is -4.77. The predicted octanol–water partition coefficient (Wildman–Crippen LogP) is 6.76. The second-order valence-corrected chi connectivity index (χ2v) is 17.7. The first kappa shape index (κ1) is 35.5. The van der Waals surface area contributed by atoms with Gasteiger partial charge in [0.1, 0.15) is 16.8 Å². The minimum atomic E-state index is -2.74. The van der Waals surface area contributed by atoms with Crippen LogP contribution in [0.2, 0.25) is 5.04 Å². The number of nitrogens with one attached hydrogen (secondary N) is 2. The number of anilines is 2. The highest BCUT2D eigenvalue weighted by molar-refractivity contribution is 9.10. The van der Waals surface area contributed by atoms with Gasteiger partial charge in [-0.2, -0.15) is 15.3 Å². The van der Waals surface area contributed by atoms with Crippen molar-refractivity contribution in [3.8, 4) is 11.8 Å². The van der Waals surface area contributed by atoms with E-state index in [1.807, 2.05) is 18.2 Å². The van der Waals surface area contributed by atoms with E-state index < -0.39 is 14.4 Å². The van der Waals surface area contributed by atoms with Crippen LogP contribution in [-0.4, -0.2) is 59.0 Å². The van der Waals surface area contributed by atoms with Gasteiger partial charge in [-0.15, -0.1) is 0 Å². The first-order chi connectivity index (χ1) is 23.5. The van der Waals surface area contributed by atoms with Crippen molar-refractivity contribution in [3.63, 3.8) is 0 Å². The fourth-order valence-corrected chi connectivity index (χ4v) is 11.3. The second-order valence-electron chi connectivity index (χ2n) is 12.7. The monoisotopic (exact) mass is 741 g/mol. The summed E-state index contributed by atoms with van der Waals surface area (Å²) in [7, 11) is -1.18. The Morgan fingerprint density at radius 3 is 2.27 bits per heavy atom. The summed E-state index contributed by atoms with van der Waals surface area (Å²) < 4.78 is 14.9. The van der Waals surface area contributed by atoms with E-state index in [0.717, 1.165) is 12.0 Å². The lowest BCUT2D eigenvalue weighted by Crippen LogP contribution is -2.66. The molecular weight excluding hydrogens is 702 g/mol. The first-order valence-corrected chi connectivity index (χ1v) is 18.7. The van der Waals surface area contributed by atoms with Gasteiger partial charge >= 0.3 is 6.09 Å². The number of aromatic nitrogens is 4. The Balaban J connectivity index is 1.49. The molecule has 11 nitrogen and oxygen atoms in total. The number of carbonyl (C=O) groups is 1. The fourth-order valence-electron chi connectivity index (χ4n) is 6.21. The maximum absolute atomic E-state index is 11.6. The number of fused-ring (bicyclic) bond motifs is 1. The standard InChI is InChI=1S/C36H40BrN7O4Si/c1-6-26(19-20-48-49(36(2,3)4,27-13-9-7-10-14-27)28-15-11-8-12-16-28)39-33-31-30(40-34(41-33)42-35(45)46)32(37)43-44(31)23-25-18-17-24(22-38)21-29(25)47-5/h7-18,21,26H,6,19-20,23H2,1-5H3,(H,45,46)(H2,39,40,41,42). The van der Waals surface area contributed by atoms with Crippen LogP contribution >= 0.6 is 15.9 Å². The van der Waals surface area contributed by atoms with E-state index in [0.29, 0.717) is 45.8 Å². The van der Waals surface area contributed by atoms with E-state index in [2.05, 4.69) is 124 Å². The number of hydrogen-bond acceptors (Lipinski definition) is 8. The van der Waals surface area contributed by atoms with Crippen molar-refractivity contribution in [2.75, 3.05) is 24.4 Å². The van der Waals surface area contributed by atoms with Gasteiger partial charge in [0.05, 0.1) is 25.3 Å². The van der Waals surface area contributed by atoms with Gasteiger partial charge in [0.2, 0.25) is 5.95 Å². The highest BCUT2D eigenvalue weighted by Gasteiger charge is 2.50. The number of halogens is 1. The summed E-state index contributed by atoms with van der Waals surface area (Å²) in [4.78, 5) is 20.7. The summed E-state index contributed by atoms with van der Waals surface area (Å²) in [5.41, 5.74) is 2.30. The van der Waals surface area contributed by atoms with Crippen LogP contribution in [0.3, 0.4) is 0 Å². The number of amides is 1. The molecule has 3 N–H and O–H groups in total. The number of methoxy groups -OCH3 is 1. The van der Waals surface area contributed by atoms with Crippen molar-refractivity contribution in [3.05, 3.63) is 94.6 Å². The van der Waals surface area contributed by atoms with Crippen molar-refractivity contribution < 1.29 is 19.1 Å². The summed E-state index contributed by atoms with van der Waals surface area (Å²) in [6.45, 7) is 9.62. The van der Waals surface area contributed by atoms with E-state index in [1.54, 1.807) is 23.9 Å². The van der Waals surface area contributed by atoms with Gasteiger partial charge in [0, 0.05) is 18.2 Å². The average molecular weight is 743 g/mol. The summed E-state index contributed by atoms with van der Waals surface area (Å²) in [5, 5.41) is 31.7. The molecule has 1 amide bonds. The molecule has 13 heteroatoms. The Bertz CT molecular complexity index is 1920. The zero-order valence-corrected chi connectivity index (χ0v) is 30.8. The molecule has 0 bridgehead atoms. The van der Waals surface area contributed by atoms with E-state index in [9.17, 15) is 15.2 Å². The average Bonchev–Trinajstić information content (AvgIpc) is 3.40. The van der Waals surface area contributed by atoms with Gasteiger partial charge in [-0.1, -0.05) is 94.4 Å². The molecule has 0 saturated carbocycles. The molecule has 0 radical (unpaired) electrons. The lowest BCUT2D eigenvalue weighted by molar-refractivity contribution is 0.209. The topological polar surface area (TPSA) is 147 Å². The third kappa shape index (κ3) is 7.61. The minimum Gasteiger partial charge on any atom is -0.496 e. The van der Waals surface area contributed by atoms with Gasteiger partial charge in [0.25, 0.3) is 8.32 Å². The third-order valence-electron chi connectivity index (χ3n) is 8.54. The maximum atomic E-state index is 11.6. The molecular formula is C36H40BrN7O4Si. The Morgan fingerprint density at radius 2 is 1.71 bits per heavy atom. The van der Waals surface area contributed by atoms with E-state index in [4.69, 9.17) is 9.16 Å². The lowest BCUT2D eigenvalue weighted by atomic mass is 10.1. The summed E-state index contributed by atoms with van der Waals surface area (Å²) in [6.07, 6.45) is 0.130. The Labute approximate surface area is 295 Å². The van der Waals surface area contributed by atoms with Crippen LogP contribution in [0.25, 0.3) is 11.0 Å². The maximum Gasteiger partial charge on any atom is 0.411 e. The number of rotatable bonds is 13. The van der Waals surface area contributed by atoms with Crippen LogP contribution in [0.1, 0.15) is 51.7 Å². The quantitative estimate of drug-likeness (QED) is 0.111. The molecule has 0 saturated heterocycles. The lowest BCUT2D eigenvalue weighted by Gasteiger charge is -2.43. The molecule has 1 unspecified atom stereocenters. The first-order valence-electron chi connectivity index (χ1n) is 16.0. The molecule has 0 aliphatic rings. The molecule has 2 heterocycles. The molecule has 49 heavy (non-hydrogen) atoms. The summed E-state index contributed by atoms with van der Waals surface area (Å²) >= 11 is 3.52. The van der Waals surface area contributed by atoms with Crippen molar-refractivity contribution in [1.29, 1.82) is 5.26 Å².